The number of H-pyrrole nitrogens is 1. The number of nitrogens with zero attached hydrogens (tertiary/aromatic N) is 2. The van der Waals surface area contributed by atoms with Gasteiger partial charge < -0.3 is 14.7 Å². The zero-order valence-electron chi connectivity index (χ0n) is 11.4. The van der Waals surface area contributed by atoms with E-state index in [1.807, 2.05) is 43.4 Å². The smallest absolute Gasteiger partial charge is 0.410 e. The number of hydrogen-bond acceptors (Lipinski definition) is 4. The first-order valence-electron chi connectivity index (χ1n) is 6.14. The average Bonchev–Trinajstić information content (AvgIpc) is 2.55. The second-order valence-electron chi connectivity index (χ2n) is 5.69. The fourth-order valence-corrected chi connectivity index (χ4v) is 2.80. The van der Waals surface area contributed by atoms with Crippen LogP contribution in [0.5, 0.6) is 0 Å². The molecule has 0 atom stereocenters. The summed E-state index contributed by atoms with van der Waals surface area (Å²) in [4.78, 5) is 24.3. The molecular weight excluding hydrogens is 377 g/mol. The number of rotatable bonds is 2. The van der Waals surface area contributed by atoms with Gasteiger partial charge >= 0.3 is 12.1 Å². The molecule has 0 spiro atoms. The van der Waals surface area contributed by atoms with Gasteiger partial charge in [0, 0.05) is 19.0 Å². The van der Waals surface area contributed by atoms with E-state index < -0.39 is 11.6 Å². The number of aromatic nitrogens is 2. The van der Waals surface area contributed by atoms with E-state index in [4.69, 9.17) is 9.84 Å². The van der Waals surface area contributed by atoms with Crippen LogP contribution in [0.25, 0.3) is 0 Å². The molecule has 1 aromatic heterocycles. The highest BCUT2D eigenvalue weighted by molar-refractivity contribution is 14.1. The van der Waals surface area contributed by atoms with Gasteiger partial charge in [-0.3, -0.25) is 5.10 Å². The van der Waals surface area contributed by atoms with Gasteiger partial charge in [-0.1, -0.05) is 0 Å². The number of aromatic carboxylic acids is 1. The lowest BCUT2D eigenvalue weighted by atomic mass is 9.97. The third-order valence-electron chi connectivity index (χ3n) is 2.88. The molecule has 0 radical (unpaired) electrons. The molecule has 0 aliphatic carbocycles. The van der Waals surface area contributed by atoms with E-state index in [0.29, 0.717) is 16.7 Å². The first-order chi connectivity index (χ1) is 9.19. The molecule has 2 rings (SSSR count). The molecule has 1 amide bonds. The molecule has 2 heterocycles. The lowest BCUT2D eigenvalue weighted by molar-refractivity contribution is 0.00778. The predicted molar refractivity (Wildman–Crippen MR) is 78.8 cm³/mol. The number of carbonyl (C=O) groups is 2. The van der Waals surface area contributed by atoms with E-state index in [1.54, 1.807) is 4.90 Å². The number of carboxylic acids is 1. The van der Waals surface area contributed by atoms with Crippen LogP contribution in [0, 0.1) is 3.57 Å². The highest BCUT2D eigenvalue weighted by Gasteiger charge is 2.37. The Labute approximate surface area is 129 Å². The summed E-state index contributed by atoms with van der Waals surface area (Å²) in [6, 6.07) is 0. The van der Waals surface area contributed by atoms with Crippen LogP contribution in [0.1, 0.15) is 42.9 Å². The summed E-state index contributed by atoms with van der Waals surface area (Å²) < 4.78 is 5.87. The number of amides is 1. The minimum Gasteiger partial charge on any atom is -0.476 e. The molecule has 20 heavy (non-hydrogen) atoms. The minimum absolute atomic E-state index is 0.0244. The lowest BCUT2D eigenvalue weighted by Crippen LogP contribution is -2.50. The van der Waals surface area contributed by atoms with Crippen LogP contribution in [-0.4, -0.2) is 51.0 Å². The molecule has 1 saturated heterocycles. The van der Waals surface area contributed by atoms with Gasteiger partial charge in [0.2, 0.25) is 0 Å². The van der Waals surface area contributed by atoms with Gasteiger partial charge in [-0.2, -0.15) is 5.10 Å². The van der Waals surface area contributed by atoms with Gasteiger partial charge in [0.15, 0.2) is 5.69 Å². The molecule has 0 unspecified atom stereocenters. The zero-order chi connectivity index (χ0) is 15.1. The van der Waals surface area contributed by atoms with Crippen LogP contribution < -0.4 is 0 Å². The van der Waals surface area contributed by atoms with Crippen molar-refractivity contribution in [2.45, 2.75) is 32.3 Å². The van der Waals surface area contributed by atoms with Crippen molar-refractivity contribution in [1.29, 1.82) is 0 Å². The van der Waals surface area contributed by atoms with Crippen LogP contribution in [-0.2, 0) is 4.74 Å². The maximum Gasteiger partial charge on any atom is 0.410 e. The van der Waals surface area contributed by atoms with Gasteiger partial charge in [-0.05, 0) is 43.4 Å². The molecule has 1 fully saturated rings. The van der Waals surface area contributed by atoms with E-state index in [9.17, 15) is 9.59 Å². The van der Waals surface area contributed by atoms with Crippen molar-refractivity contribution < 1.29 is 19.4 Å². The van der Waals surface area contributed by atoms with E-state index >= 15 is 0 Å². The molecule has 0 saturated carbocycles. The Balaban J connectivity index is 1.97. The topological polar surface area (TPSA) is 95.5 Å². The summed E-state index contributed by atoms with van der Waals surface area (Å²) in [6.07, 6.45) is -0.346. The summed E-state index contributed by atoms with van der Waals surface area (Å²) in [7, 11) is 0. The fraction of sp³-hybridized carbons (Fsp3) is 0.583. The molecule has 1 aromatic rings. The first kappa shape index (κ1) is 15.1. The van der Waals surface area contributed by atoms with Gasteiger partial charge in [0.1, 0.15) is 5.60 Å². The largest absolute Gasteiger partial charge is 0.476 e. The van der Waals surface area contributed by atoms with Crippen molar-refractivity contribution in [2.75, 3.05) is 13.1 Å². The molecule has 110 valence electrons. The van der Waals surface area contributed by atoms with E-state index in [2.05, 4.69) is 10.2 Å². The second-order valence-corrected chi connectivity index (χ2v) is 6.77. The van der Waals surface area contributed by atoms with Gasteiger partial charge in [-0.15, -0.1) is 0 Å². The highest BCUT2D eigenvalue weighted by Crippen LogP contribution is 2.31. The molecule has 1 aliphatic rings. The van der Waals surface area contributed by atoms with Crippen molar-refractivity contribution in [3.63, 3.8) is 0 Å². The van der Waals surface area contributed by atoms with Crippen molar-refractivity contribution >= 4 is 34.7 Å². The minimum atomic E-state index is -1.06. The molecule has 2 N–H and O–H groups in total. The molecule has 8 heteroatoms. The van der Waals surface area contributed by atoms with Crippen molar-refractivity contribution in [2.24, 2.45) is 0 Å². The van der Waals surface area contributed by atoms with E-state index in [0.717, 1.165) is 5.69 Å². The first-order valence-corrected chi connectivity index (χ1v) is 7.22. The Morgan fingerprint density at radius 3 is 2.50 bits per heavy atom. The number of carbonyl (C=O) groups excluding carboxylic acids is 1. The van der Waals surface area contributed by atoms with E-state index in [1.165, 1.54) is 0 Å². The molecule has 0 aromatic carbocycles. The van der Waals surface area contributed by atoms with Crippen LogP contribution in [0.4, 0.5) is 4.79 Å². The van der Waals surface area contributed by atoms with Crippen molar-refractivity contribution in [3.05, 3.63) is 15.0 Å². The Morgan fingerprint density at radius 1 is 1.45 bits per heavy atom. The summed E-state index contributed by atoms with van der Waals surface area (Å²) in [5, 5.41) is 15.5. The quantitative estimate of drug-likeness (QED) is 0.750. The maximum absolute atomic E-state index is 11.8. The molecule has 0 bridgehead atoms. The van der Waals surface area contributed by atoms with Gasteiger partial charge in [0.25, 0.3) is 0 Å². The predicted octanol–water partition coefficient (Wildman–Crippen LogP) is 2.05. The monoisotopic (exact) mass is 393 g/mol. The Kier molecular flexibility index (Phi) is 3.94. The summed E-state index contributed by atoms with van der Waals surface area (Å²) in [6.45, 7) is 6.47. The van der Waals surface area contributed by atoms with Gasteiger partial charge in [-0.25, -0.2) is 9.59 Å². The van der Waals surface area contributed by atoms with Crippen LogP contribution in [0.3, 0.4) is 0 Å². The number of aromatic amines is 1. The number of halogens is 1. The van der Waals surface area contributed by atoms with Crippen molar-refractivity contribution in [3.8, 4) is 0 Å². The Bertz CT molecular complexity index is 543. The van der Waals surface area contributed by atoms with Crippen LogP contribution >= 0.6 is 22.6 Å². The average molecular weight is 393 g/mol. The Hall–Kier alpha value is -1.32. The number of carboxylic acid groups (broad SMARTS) is 1. The molecular formula is C12H16IN3O4. The highest BCUT2D eigenvalue weighted by atomic mass is 127. The summed E-state index contributed by atoms with van der Waals surface area (Å²) >= 11 is 1.96. The molecule has 1 aliphatic heterocycles. The van der Waals surface area contributed by atoms with Gasteiger partial charge in [0.05, 0.1) is 9.26 Å². The third-order valence-corrected chi connectivity index (χ3v) is 3.97. The summed E-state index contributed by atoms with van der Waals surface area (Å²) in [5.41, 5.74) is 0.278. The standard InChI is InChI=1S/C12H16IN3O4/c1-12(2,3)20-11(19)16-4-6(5-16)8-7(13)9(10(17)18)15-14-8/h6H,4-5H2,1-3H3,(H,14,15)(H,17,18). The maximum atomic E-state index is 11.8. The summed E-state index contributed by atoms with van der Waals surface area (Å²) in [5.74, 6) is -0.977. The number of ether oxygens (including phenoxy) is 1. The van der Waals surface area contributed by atoms with E-state index in [-0.39, 0.29) is 17.7 Å². The lowest BCUT2D eigenvalue weighted by Gasteiger charge is -2.39. The zero-order valence-corrected chi connectivity index (χ0v) is 13.6. The van der Waals surface area contributed by atoms with Crippen LogP contribution in [0.15, 0.2) is 0 Å². The normalized spacial score (nSPS) is 15.9. The van der Waals surface area contributed by atoms with Crippen molar-refractivity contribution in [1.82, 2.24) is 15.1 Å². The number of nitrogens with one attached hydrogen (secondary N) is 1. The third kappa shape index (κ3) is 3.05. The second kappa shape index (κ2) is 5.23. The number of likely N-dealkylation sites (tertiary alicyclic amines) is 1. The van der Waals surface area contributed by atoms with Crippen LogP contribution in [0.2, 0.25) is 0 Å². The number of hydrogen-bond donors (Lipinski definition) is 2. The fourth-order valence-electron chi connectivity index (χ4n) is 1.89. The SMILES string of the molecule is CC(C)(C)OC(=O)N1CC(c2[nH]nc(C(=O)O)c2I)C1. The molecule has 7 nitrogen and oxygen atoms in total. The Morgan fingerprint density at radius 2 is 2.05 bits per heavy atom.